The summed E-state index contributed by atoms with van der Waals surface area (Å²) in [6.45, 7) is 0. The van der Waals surface area contributed by atoms with Crippen molar-refractivity contribution >= 4 is 23.5 Å². The fraction of sp³-hybridized carbons (Fsp3) is 0.467. The fourth-order valence-electron chi connectivity index (χ4n) is 2.39. The highest BCUT2D eigenvalue weighted by molar-refractivity contribution is 7.80. The van der Waals surface area contributed by atoms with Gasteiger partial charge in [-0.3, -0.25) is 5.43 Å². The van der Waals surface area contributed by atoms with E-state index < -0.39 is 0 Å². The Morgan fingerprint density at radius 1 is 1.38 bits per heavy atom. The van der Waals surface area contributed by atoms with Gasteiger partial charge in [0.25, 0.3) is 0 Å². The summed E-state index contributed by atoms with van der Waals surface area (Å²) < 4.78 is 5.11. The van der Waals surface area contributed by atoms with Gasteiger partial charge in [0, 0.05) is 11.6 Å². The zero-order valence-electron chi connectivity index (χ0n) is 12.1. The summed E-state index contributed by atoms with van der Waals surface area (Å²) in [5, 5.41) is 17.6. The van der Waals surface area contributed by atoms with Gasteiger partial charge in [-0.15, -0.1) is 0 Å². The van der Waals surface area contributed by atoms with Crippen molar-refractivity contribution in [1.82, 2.24) is 10.7 Å². The number of aromatic hydroxyl groups is 1. The lowest BCUT2D eigenvalue weighted by atomic mass is 9.96. The van der Waals surface area contributed by atoms with Crippen LogP contribution in [0.4, 0.5) is 0 Å². The summed E-state index contributed by atoms with van der Waals surface area (Å²) in [5.41, 5.74) is 3.35. The second kappa shape index (κ2) is 7.83. The molecule has 1 aromatic rings. The molecule has 0 heterocycles. The molecule has 21 heavy (non-hydrogen) atoms. The number of hydrogen-bond acceptors (Lipinski definition) is 4. The van der Waals surface area contributed by atoms with Gasteiger partial charge >= 0.3 is 0 Å². The highest BCUT2D eigenvalue weighted by Crippen LogP contribution is 2.21. The summed E-state index contributed by atoms with van der Waals surface area (Å²) >= 11 is 5.21. The van der Waals surface area contributed by atoms with Crippen LogP contribution in [-0.4, -0.2) is 29.6 Å². The molecule has 0 aromatic heterocycles. The normalized spacial score (nSPS) is 15.9. The molecule has 1 aliphatic carbocycles. The third kappa shape index (κ3) is 4.90. The maximum atomic E-state index is 9.73. The Balaban J connectivity index is 1.85. The summed E-state index contributed by atoms with van der Waals surface area (Å²) in [7, 11) is 1.58. The molecule has 1 aromatic carbocycles. The molecule has 2 rings (SSSR count). The van der Waals surface area contributed by atoms with Crippen LogP contribution in [0.2, 0.25) is 0 Å². The molecule has 0 bridgehead atoms. The van der Waals surface area contributed by atoms with Gasteiger partial charge in [-0.2, -0.15) is 5.10 Å². The lowest BCUT2D eigenvalue weighted by molar-refractivity contribution is 0.412. The van der Waals surface area contributed by atoms with Crippen molar-refractivity contribution in [2.75, 3.05) is 7.11 Å². The zero-order chi connectivity index (χ0) is 15.1. The lowest BCUT2D eigenvalue weighted by Crippen LogP contribution is -2.40. The summed E-state index contributed by atoms with van der Waals surface area (Å²) in [6, 6.07) is 5.41. The SMILES string of the molecule is COc1ccc(O)c(C=NNC(=S)NC2CCCCC2)c1. The maximum absolute atomic E-state index is 9.73. The predicted octanol–water partition coefficient (Wildman–Crippen LogP) is 2.53. The van der Waals surface area contributed by atoms with E-state index in [0.717, 1.165) is 12.8 Å². The summed E-state index contributed by atoms with van der Waals surface area (Å²) in [6.07, 6.45) is 7.64. The first-order valence-corrected chi connectivity index (χ1v) is 7.56. The summed E-state index contributed by atoms with van der Waals surface area (Å²) in [5.74, 6) is 0.810. The van der Waals surface area contributed by atoms with Crippen LogP contribution in [0, 0.1) is 0 Å². The van der Waals surface area contributed by atoms with Crippen LogP contribution >= 0.6 is 12.2 Å². The van der Waals surface area contributed by atoms with Gasteiger partial charge in [0.05, 0.1) is 13.3 Å². The van der Waals surface area contributed by atoms with Crippen LogP contribution in [0.25, 0.3) is 0 Å². The average molecular weight is 307 g/mol. The fourth-order valence-corrected chi connectivity index (χ4v) is 2.61. The Bertz CT molecular complexity index is 514. The van der Waals surface area contributed by atoms with Gasteiger partial charge in [-0.05, 0) is 43.3 Å². The Hall–Kier alpha value is -1.82. The number of ether oxygens (including phenoxy) is 1. The van der Waals surface area contributed by atoms with Crippen molar-refractivity contribution in [3.8, 4) is 11.5 Å². The second-order valence-electron chi connectivity index (χ2n) is 5.10. The molecule has 1 aliphatic rings. The molecule has 1 saturated carbocycles. The summed E-state index contributed by atoms with van der Waals surface area (Å²) in [4.78, 5) is 0. The molecule has 114 valence electrons. The van der Waals surface area contributed by atoms with Crippen molar-refractivity contribution < 1.29 is 9.84 Å². The second-order valence-corrected chi connectivity index (χ2v) is 5.51. The first kappa shape index (κ1) is 15.6. The third-order valence-electron chi connectivity index (χ3n) is 3.54. The number of phenols is 1. The molecule has 5 nitrogen and oxygen atoms in total. The molecular formula is C15H21N3O2S. The Labute approximate surface area is 130 Å². The minimum Gasteiger partial charge on any atom is -0.507 e. The van der Waals surface area contributed by atoms with Gasteiger partial charge in [0.15, 0.2) is 5.11 Å². The van der Waals surface area contributed by atoms with E-state index in [1.54, 1.807) is 25.3 Å². The monoisotopic (exact) mass is 307 g/mol. The quantitative estimate of drug-likeness (QED) is 0.453. The van der Waals surface area contributed by atoms with Gasteiger partial charge in [0.2, 0.25) is 0 Å². The topological polar surface area (TPSA) is 65.9 Å². The largest absolute Gasteiger partial charge is 0.507 e. The first-order chi connectivity index (χ1) is 10.2. The van der Waals surface area contributed by atoms with E-state index in [-0.39, 0.29) is 5.75 Å². The van der Waals surface area contributed by atoms with E-state index >= 15 is 0 Å². The highest BCUT2D eigenvalue weighted by Gasteiger charge is 2.13. The number of nitrogens with one attached hydrogen (secondary N) is 2. The molecule has 0 aliphatic heterocycles. The van der Waals surface area contributed by atoms with Crippen LogP contribution in [0.1, 0.15) is 37.7 Å². The number of hydrogen-bond donors (Lipinski definition) is 3. The number of nitrogens with zero attached hydrogens (tertiary/aromatic N) is 1. The van der Waals surface area contributed by atoms with Gasteiger partial charge in [-0.25, -0.2) is 0 Å². The van der Waals surface area contributed by atoms with Crippen LogP contribution < -0.4 is 15.5 Å². The minimum absolute atomic E-state index is 0.146. The van der Waals surface area contributed by atoms with Crippen molar-refractivity contribution in [1.29, 1.82) is 0 Å². The highest BCUT2D eigenvalue weighted by atomic mass is 32.1. The van der Waals surface area contributed by atoms with Crippen molar-refractivity contribution in [2.45, 2.75) is 38.1 Å². The molecule has 3 N–H and O–H groups in total. The number of benzene rings is 1. The number of thiocarbonyl (C=S) groups is 1. The maximum Gasteiger partial charge on any atom is 0.187 e. The van der Waals surface area contributed by atoms with Crippen LogP contribution in [0.3, 0.4) is 0 Å². The van der Waals surface area contributed by atoms with E-state index in [2.05, 4.69) is 15.8 Å². The van der Waals surface area contributed by atoms with Gasteiger partial charge in [0.1, 0.15) is 11.5 Å². The van der Waals surface area contributed by atoms with E-state index in [9.17, 15) is 5.11 Å². The van der Waals surface area contributed by atoms with E-state index in [1.807, 2.05) is 0 Å². The number of methoxy groups -OCH3 is 1. The van der Waals surface area contributed by atoms with E-state index in [1.165, 1.54) is 25.5 Å². The number of hydrazone groups is 1. The van der Waals surface area contributed by atoms with Gasteiger partial charge in [-0.1, -0.05) is 19.3 Å². The standard InChI is InChI=1S/C15H21N3O2S/c1-20-13-7-8-14(19)11(9-13)10-16-18-15(21)17-12-5-3-2-4-6-12/h7-10,12,19H,2-6H2,1H3,(H2,17,18,21). The Morgan fingerprint density at radius 3 is 2.86 bits per heavy atom. The molecule has 0 amide bonds. The van der Waals surface area contributed by atoms with Crippen LogP contribution in [0.5, 0.6) is 11.5 Å². The predicted molar refractivity (Wildman–Crippen MR) is 88.0 cm³/mol. The van der Waals surface area contributed by atoms with Crippen molar-refractivity contribution in [3.63, 3.8) is 0 Å². The molecule has 6 heteroatoms. The van der Waals surface area contributed by atoms with Crippen molar-refractivity contribution in [2.24, 2.45) is 5.10 Å². The molecular weight excluding hydrogens is 286 g/mol. The van der Waals surface area contributed by atoms with Crippen molar-refractivity contribution in [3.05, 3.63) is 23.8 Å². The zero-order valence-corrected chi connectivity index (χ0v) is 12.9. The average Bonchev–Trinajstić information content (AvgIpc) is 2.50. The van der Waals surface area contributed by atoms with E-state index in [4.69, 9.17) is 17.0 Å². The molecule has 0 unspecified atom stereocenters. The molecule has 0 atom stereocenters. The lowest BCUT2D eigenvalue weighted by Gasteiger charge is -2.23. The van der Waals surface area contributed by atoms with Gasteiger partial charge < -0.3 is 15.2 Å². The minimum atomic E-state index is 0.146. The third-order valence-corrected chi connectivity index (χ3v) is 3.75. The van der Waals surface area contributed by atoms with Crippen LogP contribution in [0.15, 0.2) is 23.3 Å². The molecule has 0 saturated heterocycles. The number of rotatable bonds is 4. The Kier molecular flexibility index (Phi) is 5.80. The molecule has 0 spiro atoms. The molecule has 0 radical (unpaired) electrons. The van der Waals surface area contributed by atoms with Crippen LogP contribution in [-0.2, 0) is 0 Å². The smallest absolute Gasteiger partial charge is 0.187 e. The van der Waals surface area contributed by atoms with E-state index in [0.29, 0.717) is 22.5 Å². The molecule has 1 fully saturated rings. The number of phenolic OH excluding ortho intramolecular Hbond substituents is 1. The first-order valence-electron chi connectivity index (χ1n) is 7.15. The Morgan fingerprint density at radius 2 is 2.14 bits per heavy atom.